The summed E-state index contributed by atoms with van der Waals surface area (Å²) >= 11 is 0. The van der Waals surface area contributed by atoms with Crippen molar-refractivity contribution in [3.8, 4) is 0 Å². The normalized spacial score (nSPS) is 23.0. The SMILES string of the molecule is CC(C)C(=O)Nc1ccc(N2OC3C=CC2CC3)c(C(F)(F)F)c1. The molecule has 7 heteroatoms. The molecule has 1 saturated heterocycles. The summed E-state index contributed by atoms with van der Waals surface area (Å²) in [5.41, 5.74) is -0.711. The summed E-state index contributed by atoms with van der Waals surface area (Å²) in [6, 6.07) is 3.59. The van der Waals surface area contributed by atoms with Gasteiger partial charge in [-0.05, 0) is 31.0 Å². The Morgan fingerprint density at radius 1 is 1.29 bits per heavy atom. The van der Waals surface area contributed by atoms with Crippen molar-refractivity contribution in [3.63, 3.8) is 0 Å². The molecule has 0 spiro atoms. The summed E-state index contributed by atoms with van der Waals surface area (Å²) < 4.78 is 40.5. The van der Waals surface area contributed by atoms with E-state index in [0.717, 1.165) is 18.9 Å². The van der Waals surface area contributed by atoms with Crippen LogP contribution < -0.4 is 10.4 Å². The van der Waals surface area contributed by atoms with Crippen molar-refractivity contribution in [2.24, 2.45) is 5.92 Å². The zero-order valence-corrected chi connectivity index (χ0v) is 13.4. The number of hydrogen-bond donors (Lipinski definition) is 1. The Labute approximate surface area is 138 Å². The van der Waals surface area contributed by atoms with Gasteiger partial charge in [-0.1, -0.05) is 26.0 Å². The van der Waals surface area contributed by atoms with Gasteiger partial charge in [0.2, 0.25) is 5.91 Å². The predicted molar refractivity (Wildman–Crippen MR) is 84.4 cm³/mol. The van der Waals surface area contributed by atoms with Crippen LogP contribution in [0.2, 0.25) is 0 Å². The average Bonchev–Trinajstić information content (AvgIpc) is 2.55. The third kappa shape index (κ3) is 3.26. The Balaban J connectivity index is 1.95. The van der Waals surface area contributed by atoms with Crippen molar-refractivity contribution in [2.45, 2.75) is 45.0 Å². The molecular formula is C17H19F3N2O2. The van der Waals surface area contributed by atoms with E-state index in [-0.39, 0.29) is 35.3 Å². The van der Waals surface area contributed by atoms with E-state index >= 15 is 0 Å². The molecule has 1 amide bonds. The fourth-order valence-electron chi connectivity index (χ4n) is 2.84. The van der Waals surface area contributed by atoms with Crippen molar-refractivity contribution in [2.75, 3.05) is 10.4 Å². The molecule has 0 radical (unpaired) electrons. The van der Waals surface area contributed by atoms with Gasteiger partial charge in [-0.2, -0.15) is 13.2 Å². The fourth-order valence-corrected chi connectivity index (χ4v) is 2.84. The number of carbonyl (C=O) groups is 1. The second kappa shape index (κ2) is 6.12. The summed E-state index contributed by atoms with van der Waals surface area (Å²) in [5.74, 6) is -0.641. The zero-order valence-electron chi connectivity index (χ0n) is 13.4. The van der Waals surface area contributed by atoms with Gasteiger partial charge >= 0.3 is 6.18 Å². The van der Waals surface area contributed by atoms with Gasteiger partial charge in [-0.3, -0.25) is 9.63 Å². The van der Waals surface area contributed by atoms with Crippen LogP contribution in [0.5, 0.6) is 0 Å². The number of carbonyl (C=O) groups excluding carboxylic acids is 1. The Hall–Kier alpha value is -2.02. The largest absolute Gasteiger partial charge is 0.418 e. The van der Waals surface area contributed by atoms with E-state index in [4.69, 9.17) is 4.84 Å². The van der Waals surface area contributed by atoms with Crippen LogP contribution in [0.25, 0.3) is 0 Å². The number of nitrogens with zero attached hydrogens (tertiary/aromatic N) is 1. The van der Waals surface area contributed by atoms with Crippen molar-refractivity contribution in [1.82, 2.24) is 0 Å². The topological polar surface area (TPSA) is 41.6 Å². The Morgan fingerprint density at radius 2 is 2.04 bits per heavy atom. The first-order valence-electron chi connectivity index (χ1n) is 7.92. The Bertz CT molecular complexity index is 670. The highest BCUT2D eigenvalue weighted by atomic mass is 19.4. The molecule has 0 saturated carbocycles. The number of amides is 1. The fraction of sp³-hybridized carbons (Fsp3) is 0.471. The van der Waals surface area contributed by atoms with Gasteiger partial charge in [0, 0.05) is 11.6 Å². The number of benzene rings is 1. The number of fused-ring (bicyclic) bond motifs is 2. The van der Waals surface area contributed by atoms with E-state index in [1.54, 1.807) is 13.8 Å². The van der Waals surface area contributed by atoms with Gasteiger partial charge in [0.15, 0.2) is 0 Å². The first-order valence-corrected chi connectivity index (χ1v) is 7.92. The minimum Gasteiger partial charge on any atom is -0.326 e. The summed E-state index contributed by atoms with van der Waals surface area (Å²) in [6.45, 7) is 3.36. The minimum absolute atomic E-state index is 0.0240. The molecule has 130 valence electrons. The molecule has 1 fully saturated rings. The smallest absolute Gasteiger partial charge is 0.326 e. The van der Waals surface area contributed by atoms with Gasteiger partial charge in [0.1, 0.15) is 6.10 Å². The summed E-state index contributed by atoms with van der Waals surface area (Å²) in [6.07, 6.45) is 0.599. The lowest BCUT2D eigenvalue weighted by Crippen LogP contribution is -2.46. The quantitative estimate of drug-likeness (QED) is 0.841. The van der Waals surface area contributed by atoms with E-state index in [2.05, 4.69) is 5.32 Å². The lowest BCUT2D eigenvalue weighted by atomic mass is 9.97. The number of hydrogen-bond acceptors (Lipinski definition) is 3. The lowest BCUT2D eigenvalue weighted by molar-refractivity contribution is -0.138. The Kier molecular flexibility index (Phi) is 4.29. The highest BCUT2D eigenvalue weighted by Crippen LogP contribution is 2.42. The molecule has 2 unspecified atom stereocenters. The third-order valence-corrected chi connectivity index (χ3v) is 4.18. The molecule has 3 aliphatic rings. The number of alkyl halides is 3. The number of anilines is 2. The average molecular weight is 340 g/mol. The zero-order chi connectivity index (χ0) is 17.5. The van der Waals surface area contributed by atoms with Crippen LogP contribution in [0.1, 0.15) is 32.3 Å². The van der Waals surface area contributed by atoms with Gasteiger partial charge in [-0.15, -0.1) is 0 Å². The number of nitrogens with one attached hydrogen (secondary N) is 1. The molecule has 2 bridgehead atoms. The van der Waals surface area contributed by atoms with Crippen LogP contribution >= 0.6 is 0 Å². The van der Waals surface area contributed by atoms with Crippen LogP contribution in [-0.4, -0.2) is 18.1 Å². The summed E-state index contributed by atoms with van der Waals surface area (Å²) in [5, 5.41) is 3.84. The highest BCUT2D eigenvalue weighted by Gasteiger charge is 2.39. The van der Waals surface area contributed by atoms with Gasteiger partial charge in [0.25, 0.3) is 0 Å². The van der Waals surface area contributed by atoms with E-state index in [1.807, 2.05) is 12.2 Å². The molecule has 2 aliphatic heterocycles. The van der Waals surface area contributed by atoms with Gasteiger partial charge in [0.05, 0.1) is 17.3 Å². The molecular weight excluding hydrogens is 321 g/mol. The maximum atomic E-state index is 13.5. The molecule has 2 atom stereocenters. The van der Waals surface area contributed by atoms with E-state index in [1.165, 1.54) is 17.2 Å². The third-order valence-electron chi connectivity index (χ3n) is 4.18. The molecule has 4 rings (SSSR count). The summed E-state index contributed by atoms with van der Waals surface area (Å²) in [7, 11) is 0. The number of halogens is 3. The maximum Gasteiger partial charge on any atom is 0.418 e. The van der Waals surface area contributed by atoms with Gasteiger partial charge in [-0.25, -0.2) is 5.06 Å². The first kappa shape index (κ1) is 16.8. The van der Waals surface area contributed by atoms with Crippen molar-refractivity contribution in [1.29, 1.82) is 0 Å². The monoisotopic (exact) mass is 340 g/mol. The van der Waals surface area contributed by atoms with E-state index in [0.29, 0.717) is 0 Å². The number of rotatable bonds is 3. The molecule has 2 heterocycles. The van der Waals surface area contributed by atoms with E-state index in [9.17, 15) is 18.0 Å². The molecule has 24 heavy (non-hydrogen) atoms. The Morgan fingerprint density at radius 3 is 2.54 bits per heavy atom. The first-order chi connectivity index (χ1) is 11.3. The highest BCUT2D eigenvalue weighted by molar-refractivity contribution is 5.92. The minimum atomic E-state index is -4.54. The molecule has 1 N–H and O–H groups in total. The molecule has 1 aliphatic carbocycles. The van der Waals surface area contributed by atoms with Crippen LogP contribution in [0.3, 0.4) is 0 Å². The van der Waals surface area contributed by atoms with Crippen LogP contribution in [0.4, 0.5) is 24.5 Å². The van der Waals surface area contributed by atoms with Gasteiger partial charge < -0.3 is 5.32 Å². The maximum absolute atomic E-state index is 13.5. The predicted octanol–water partition coefficient (Wildman–Crippen LogP) is 4.14. The van der Waals surface area contributed by atoms with Crippen LogP contribution in [-0.2, 0) is 15.8 Å². The molecule has 1 aromatic rings. The number of hydroxylamine groups is 1. The van der Waals surface area contributed by atoms with Crippen molar-refractivity contribution >= 4 is 17.3 Å². The van der Waals surface area contributed by atoms with Crippen LogP contribution in [0, 0.1) is 5.92 Å². The lowest BCUT2D eigenvalue weighted by Gasteiger charge is -2.42. The van der Waals surface area contributed by atoms with Crippen LogP contribution in [0.15, 0.2) is 30.4 Å². The standard InChI is InChI=1S/C17H19F3N2O2/c1-10(2)16(23)21-11-3-8-15(14(9-11)17(18,19)20)22-12-4-6-13(24-22)7-5-12/h3-4,6,8-10,12-13H,5,7H2,1-2H3,(H,21,23). The van der Waals surface area contributed by atoms with E-state index < -0.39 is 11.7 Å². The van der Waals surface area contributed by atoms with Crippen molar-refractivity contribution < 1.29 is 22.8 Å². The molecule has 4 nitrogen and oxygen atoms in total. The summed E-state index contributed by atoms with van der Waals surface area (Å²) in [4.78, 5) is 17.4. The van der Waals surface area contributed by atoms with Crippen molar-refractivity contribution in [3.05, 3.63) is 35.9 Å². The second-order valence-electron chi connectivity index (χ2n) is 6.37. The second-order valence-corrected chi connectivity index (χ2v) is 6.37. The molecule has 1 aromatic carbocycles. The molecule has 0 aromatic heterocycles.